The highest BCUT2D eigenvalue weighted by Gasteiger charge is 2.38. The van der Waals surface area contributed by atoms with Crippen LogP contribution in [0.5, 0.6) is 0 Å². The van der Waals surface area contributed by atoms with Gasteiger partial charge in [-0.2, -0.15) is 0 Å². The zero-order valence-corrected chi connectivity index (χ0v) is 17.1. The van der Waals surface area contributed by atoms with Gasteiger partial charge in [0.2, 0.25) is 0 Å². The van der Waals surface area contributed by atoms with E-state index < -0.39 is 0 Å². The van der Waals surface area contributed by atoms with E-state index in [1.165, 1.54) is 46.3 Å². The van der Waals surface area contributed by atoms with Gasteiger partial charge in [-0.15, -0.1) is 0 Å². The van der Waals surface area contributed by atoms with Crippen molar-refractivity contribution in [2.24, 2.45) is 0 Å². The van der Waals surface area contributed by atoms with E-state index in [4.69, 9.17) is 0 Å². The monoisotopic (exact) mass is 380 g/mol. The molecule has 5 rings (SSSR count). The van der Waals surface area contributed by atoms with E-state index >= 15 is 0 Å². The van der Waals surface area contributed by atoms with Gasteiger partial charge in [0, 0.05) is 29.4 Å². The standard InChI is InChI=1S/C25H24N4/c1-25(2)22-7-5-4-6-20(22)21-13-12-19(14-23(21)25)29(3)18-10-8-17(9-11-18)24-27-15-26-16-28-24/h4-11,14-16H,12-13H2,1-3H3. The van der Waals surface area contributed by atoms with Gasteiger partial charge in [0.1, 0.15) is 12.7 Å². The minimum absolute atomic E-state index is 0.0565. The molecule has 3 aromatic rings. The van der Waals surface area contributed by atoms with E-state index in [1.54, 1.807) is 0 Å². The van der Waals surface area contributed by atoms with Crippen molar-refractivity contribution >= 4 is 11.3 Å². The van der Waals surface area contributed by atoms with Crippen LogP contribution in [0.25, 0.3) is 17.0 Å². The molecule has 2 aliphatic rings. The molecule has 0 N–H and O–H groups in total. The molecule has 2 aromatic carbocycles. The third-order valence-corrected chi connectivity index (χ3v) is 6.30. The van der Waals surface area contributed by atoms with Crippen LogP contribution >= 0.6 is 0 Å². The van der Waals surface area contributed by atoms with Crippen molar-refractivity contribution in [3.63, 3.8) is 0 Å². The van der Waals surface area contributed by atoms with Crippen LogP contribution in [0.3, 0.4) is 0 Å². The van der Waals surface area contributed by atoms with Crippen LogP contribution < -0.4 is 4.90 Å². The third kappa shape index (κ3) is 2.87. The highest BCUT2D eigenvalue weighted by Crippen LogP contribution is 2.51. The number of benzene rings is 2. The van der Waals surface area contributed by atoms with Crippen molar-refractivity contribution < 1.29 is 0 Å². The van der Waals surface area contributed by atoms with Gasteiger partial charge in [0.05, 0.1) is 0 Å². The molecule has 1 heterocycles. The van der Waals surface area contributed by atoms with Gasteiger partial charge >= 0.3 is 0 Å². The lowest BCUT2D eigenvalue weighted by atomic mass is 9.79. The van der Waals surface area contributed by atoms with Crippen molar-refractivity contribution in [2.75, 3.05) is 11.9 Å². The summed E-state index contributed by atoms with van der Waals surface area (Å²) in [5, 5.41) is 0. The first-order valence-electron chi connectivity index (χ1n) is 10.1. The molecule has 0 aliphatic heterocycles. The summed E-state index contributed by atoms with van der Waals surface area (Å²) in [5.74, 6) is 0.700. The SMILES string of the molecule is CN(C1=CC2=C(CC1)c1ccccc1C2(C)C)c1ccc(-c2ncncn2)cc1. The van der Waals surface area contributed by atoms with E-state index in [1.807, 2.05) is 0 Å². The zero-order valence-electron chi connectivity index (χ0n) is 17.1. The van der Waals surface area contributed by atoms with E-state index in [0.29, 0.717) is 5.82 Å². The van der Waals surface area contributed by atoms with Gasteiger partial charge in [-0.05, 0) is 65.5 Å². The maximum absolute atomic E-state index is 4.23. The lowest BCUT2D eigenvalue weighted by molar-refractivity contribution is 0.648. The lowest BCUT2D eigenvalue weighted by Gasteiger charge is -2.30. The molecule has 0 saturated heterocycles. The molecule has 0 unspecified atom stereocenters. The molecule has 0 saturated carbocycles. The van der Waals surface area contributed by atoms with E-state index in [-0.39, 0.29) is 5.41 Å². The molecular weight excluding hydrogens is 356 g/mol. The van der Waals surface area contributed by atoms with Crippen molar-refractivity contribution in [1.82, 2.24) is 15.0 Å². The second-order valence-electron chi connectivity index (χ2n) is 8.27. The quantitative estimate of drug-likeness (QED) is 0.610. The summed E-state index contributed by atoms with van der Waals surface area (Å²) in [7, 11) is 2.16. The van der Waals surface area contributed by atoms with Crippen molar-refractivity contribution in [2.45, 2.75) is 32.1 Å². The molecule has 4 nitrogen and oxygen atoms in total. The average molecular weight is 380 g/mol. The Morgan fingerprint density at radius 3 is 2.38 bits per heavy atom. The molecular formula is C25H24N4. The Morgan fingerprint density at radius 2 is 1.62 bits per heavy atom. The summed E-state index contributed by atoms with van der Waals surface area (Å²) in [4.78, 5) is 14.7. The van der Waals surface area contributed by atoms with Gasteiger partial charge in [-0.25, -0.2) is 15.0 Å². The van der Waals surface area contributed by atoms with Crippen LogP contribution in [0, 0.1) is 0 Å². The summed E-state index contributed by atoms with van der Waals surface area (Å²) < 4.78 is 0. The lowest BCUT2D eigenvalue weighted by Crippen LogP contribution is -2.22. The summed E-state index contributed by atoms with van der Waals surface area (Å²) in [6.45, 7) is 4.69. The molecule has 4 heteroatoms. The van der Waals surface area contributed by atoms with Crippen LogP contribution in [-0.2, 0) is 5.41 Å². The van der Waals surface area contributed by atoms with Gasteiger partial charge in [0.15, 0.2) is 5.82 Å². The fourth-order valence-electron chi connectivity index (χ4n) is 4.64. The molecule has 144 valence electrons. The van der Waals surface area contributed by atoms with Crippen LogP contribution in [0.2, 0.25) is 0 Å². The molecule has 0 bridgehead atoms. The van der Waals surface area contributed by atoms with Crippen molar-refractivity contribution in [3.8, 4) is 11.4 Å². The Hall–Kier alpha value is -3.27. The van der Waals surface area contributed by atoms with Gasteiger partial charge in [-0.1, -0.05) is 38.1 Å². The second-order valence-corrected chi connectivity index (χ2v) is 8.27. The smallest absolute Gasteiger partial charge is 0.162 e. The Balaban J connectivity index is 1.45. The van der Waals surface area contributed by atoms with E-state index in [2.05, 4.69) is 95.4 Å². The number of fused-ring (bicyclic) bond motifs is 2. The van der Waals surface area contributed by atoms with Gasteiger partial charge in [-0.3, -0.25) is 0 Å². The number of rotatable bonds is 3. The number of nitrogens with zero attached hydrogens (tertiary/aromatic N) is 4. The van der Waals surface area contributed by atoms with Crippen molar-refractivity contribution in [3.05, 3.63) is 89.7 Å². The molecule has 0 amide bonds. The third-order valence-electron chi connectivity index (χ3n) is 6.30. The first kappa shape index (κ1) is 17.8. The summed E-state index contributed by atoms with van der Waals surface area (Å²) in [5.41, 5.74) is 9.46. The average Bonchev–Trinajstić information content (AvgIpc) is 3.01. The Kier molecular flexibility index (Phi) is 4.09. The normalized spacial score (nSPS) is 16.9. The number of anilines is 1. The van der Waals surface area contributed by atoms with Gasteiger partial charge < -0.3 is 4.90 Å². The predicted molar refractivity (Wildman–Crippen MR) is 117 cm³/mol. The molecule has 0 fully saturated rings. The Morgan fingerprint density at radius 1 is 0.897 bits per heavy atom. The topological polar surface area (TPSA) is 41.9 Å². The molecule has 0 atom stereocenters. The first-order valence-corrected chi connectivity index (χ1v) is 10.1. The van der Waals surface area contributed by atoms with Crippen molar-refractivity contribution in [1.29, 1.82) is 0 Å². The molecule has 29 heavy (non-hydrogen) atoms. The maximum Gasteiger partial charge on any atom is 0.162 e. The first-order chi connectivity index (χ1) is 14.1. The highest BCUT2D eigenvalue weighted by atomic mass is 15.1. The number of allylic oxidation sites excluding steroid dienone is 4. The number of hydrogen-bond donors (Lipinski definition) is 0. The fraction of sp³-hybridized carbons (Fsp3) is 0.240. The number of hydrogen-bond acceptors (Lipinski definition) is 4. The predicted octanol–water partition coefficient (Wildman–Crippen LogP) is 5.40. The van der Waals surface area contributed by atoms with Crippen LogP contribution in [-0.4, -0.2) is 22.0 Å². The summed E-state index contributed by atoms with van der Waals surface area (Å²) in [6, 6.07) is 17.3. The number of aromatic nitrogens is 3. The zero-order chi connectivity index (χ0) is 20.0. The van der Waals surface area contributed by atoms with E-state index in [9.17, 15) is 0 Å². The van der Waals surface area contributed by atoms with Crippen LogP contribution in [0.15, 0.2) is 78.5 Å². The Labute approximate surface area is 171 Å². The summed E-state index contributed by atoms with van der Waals surface area (Å²) >= 11 is 0. The van der Waals surface area contributed by atoms with E-state index in [0.717, 1.165) is 18.4 Å². The summed E-state index contributed by atoms with van der Waals surface area (Å²) in [6.07, 6.45) is 7.62. The van der Waals surface area contributed by atoms with Gasteiger partial charge in [0.25, 0.3) is 0 Å². The minimum Gasteiger partial charge on any atom is -0.348 e. The second kappa shape index (κ2) is 6.66. The Bertz CT molecular complexity index is 1120. The highest BCUT2D eigenvalue weighted by molar-refractivity contribution is 5.84. The molecule has 2 aliphatic carbocycles. The molecule has 1 aromatic heterocycles. The molecule has 0 radical (unpaired) electrons. The maximum atomic E-state index is 4.23. The minimum atomic E-state index is 0.0565. The largest absolute Gasteiger partial charge is 0.348 e. The van der Waals surface area contributed by atoms with Crippen LogP contribution in [0.4, 0.5) is 5.69 Å². The van der Waals surface area contributed by atoms with Crippen LogP contribution in [0.1, 0.15) is 37.8 Å². The molecule has 0 spiro atoms. The fourth-order valence-corrected chi connectivity index (χ4v) is 4.64.